The van der Waals surface area contributed by atoms with Gasteiger partial charge in [0.1, 0.15) is 11.5 Å². The molecule has 6 heteroatoms. The molecule has 0 unspecified atom stereocenters. The summed E-state index contributed by atoms with van der Waals surface area (Å²) in [4.78, 5) is 25.5. The maximum Gasteiger partial charge on any atom is 0.338 e. The van der Waals surface area contributed by atoms with E-state index in [4.69, 9.17) is 9.47 Å². The summed E-state index contributed by atoms with van der Waals surface area (Å²) in [7, 11) is 1.53. The summed E-state index contributed by atoms with van der Waals surface area (Å²) < 4.78 is 12.5. The summed E-state index contributed by atoms with van der Waals surface area (Å²) in [5.74, 6) is -0.0579. The average molecular weight is 409 g/mol. The van der Waals surface area contributed by atoms with E-state index in [1.807, 2.05) is 6.92 Å². The number of methoxy groups -OCH3 is 1. The van der Waals surface area contributed by atoms with Crippen LogP contribution in [-0.4, -0.2) is 35.3 Å². The third kappa shape index (κ3) is 4.17. The number of hydrogen-bond donors (Lipinski definition) is 1. The molecule has 0 spiro atoms. The summed E-state index contributed by atoms with van der Waals surface area (Å²) in [6.07, 6.45) is 3.21. The van der Waals surface area contributed by atoms with E-state index in [9.17, 15) is 14.7 Å². The predicted octanol–water partition coefficient (Wildman–Crippen LogP) is 5.17. The van der Waals surface area contributed by atoms with E-state index in [-0.39, 0.29) is 11.5 Å². The van der Waals surface area contributed by atoms with E-state index in [1.54, 1.807) is 42.5 Å². The Labute approximate surface area is 176 Å². The smallest absolute Gasteiger partial charge is 0.338 e. The Balaban J connectivity index is 2.08. The highest BCUT2D eigenvalue weighted by Gasteiger charge is 2.26. The van der Waals surface area contributed by atoms with Crippen LogP contribution < -0.4 is 9.47 Å². The summed E-state index contributed by atoms with van der Waals surface area (Å²) >= 11 is 0. The molecule has 3 aromatic rings. The zero-order valence-corrected chi connectivity index (χ0v) is 17.6. The van der Waals surface area contributed by atoms with Gasteiger partial charge in [-0.15, -0.1) is 0 Å². The first-order chi connectivity index (χ1) is 14.5. The molecular weight excluding hydrogens is 382 g/mol. The molecule has 0 saturated heterocycles. The van der Waals surface area contributed by atoms with Gasteiger partial charge in [0.25, 0.3) is 5.91 Å². The fourth-order valence-corrected chi connectivity index (χ4v) is 3.55. The quantitative estimate of drug-likeness (QED) is 0.494. The van der Waals surface area contributed by atoms with Gasteiger partial charge in [0.2, 0.25) is 0 Å². The molecule has 0 bridgehead atoms. The average Bonchev–Trinajstić information content (AvgIpc) is 3.07. The number of fused-ring (bicyclic) bond motifs is 1. The van der Waals surface area contributed by atoms with Gasteiger partial charge in [-0.1, -0.05) is 26.7 Å². The van der Waals surface area contributed by atoms with E-state index >= 15 is 0 Å². The predicted molar refractivity (Wildman–Crippen MR) is 116 cm³/mol. The van der Waals surface area contributed by atoms with Crippen LogP contribution in [0.1, 0.15) is 59.5 Å². The number of rotatable bonds is 9. The van der Waals surface area contributed by atoms with Crippen LogP contribution >= 0.6 is 0 Å². The Hall–Kier alpha value is -3.28. The van der Waals surface area contributed by atoms with Crippen molar-refractivity contribution in [1.29, 1.82) is 0 Å². The highest BCUT2D eigenvalue weighted by molar-refractivity contribution is 6.11. The molecular formula is C24H27NO5. The largest absolute Gasteiger partial charge is 0.497 e. The molecule has 6 nitrogen and oxygen atoms in total. The normalized spacial score (nSPS) is 10.9. The lowest BCUT2D eigenvalue weighted by Crippen LogP contribution is -2.16. The van der Waals surface area contributed by atoms with Crippen LogP contribution in [0.15, 0.2) is 42.5 Å². The Kier molecular flexibility index (Phi) is 6.77. The molecule has 0 atom stereocenters. The summed E-state index contributed by atoms with van der Waals surface area (Å²) in [5.41, 5.74) is 1.69. The Bertz CT molecular complexity index is 1050. The van der Waals surface area contributed by atoms with Crippen LogP contribution in [0.2, 0.25) is 0 Å². The van der Waals surface area contributed by atoms with Crippen molar-refractivity contribution in [3.05, 3.63) is 59.3 Å². The van der Waals surface area contributed by atoms with Gasteiger partial charge in [0.15, 0.2) is 0 Å². The van der Waals surface area contributed by atoms with Crippen molar-refractivity contribution in [2.45, 2.75) is 39.5 Å². The third-order valence-corrected chi connectivity index (χ3v) is 5.04. The van der Waals surface area contributed by atoms with Gasteiger partial charge < -0.3 is 14.6 Å². The number of carbonyl (C=O) groups excluding carboxylic acids is 1. The molecule has 0 amide bonds. The number of aromatic nitrogens is 1. The van der Waals surface area contributed by atoms with Gasteiger partial charge >= 0.3 is 5.97 Å². The van der Waals surface area contributed by atoms with Crippen LogP contribution in [-0.2, 0) is 6.42 Å². The Morgan fingerprint density at radius 2 is 1.70 bits per heavy atom. The number of carboxylic acid groups (broad SMARTS) is 1. The van der Waals surface area contributed by atoms with Crippen LogP contribution in [0.4, 0.5) is 0 Å². The van der Waals surface area contributed by atoms with Crippen LogP contribution in [0, 0.1) is 0 Å². The second-order valence-electron chi connectivity index (χ2n) is 7.13. The number of aromatic carboxylic acids is 1. The molecule has 158 valence electrons. The maximum absolute atomic E-state index is 13.4. The number of nitrogens with zero attached hydrogens (tertiary/aromatic N) is 1. The van der Waals surface area contributed by atoms with Crippen molar-refractivity contribution in [3.8, 4) is 11.5 Å². The lowest BCUT2D eigenvalue weighted by molar-refractivity contribution is 0.0697. The summed E-state index contributed by atoms with van der Waals surface area (Å²) in [6, 6.07) is 12.1. The van der Waals surface area contributed by atoms with Crippen molar-refractivity contribution in [2.75, 3.05) is 13.7 Å². The molecule has 0 aliphatic heterocycles. The zero-order chi connectivity index (χ0) is 21.7. The lowest BCUT2D eigenvalue weighted by Gasteiger charge is -2.11. The highest BCUT2D eigenvalue weighted by atomic mass is 16.5. The number of carboxylic acids is 1. The number of benzene rings is 2. The molecule has 0 fully saturated rings. The van der Waals surface area contributed by atoms with E-state index in [1.165, 1.54) is 11.7 Å². The van der Waals surface area contributed by atoms with Crippen molar-refractivity contribution in [2.24, 2.45) is 0 Å². The first-order valence-electron chi connectivity index (χ1n) is 10.2. The maximum atomic E-state index is 13.4. The number of ether oxygens (including phenoxy) is 2. The first kappa shape index (κ1) is 21.4. The SMILES string of the molecule is CCCCOc1ccc(C(=O)n2c(CCC)c(C(=O)O)c3cc(OC)ccc32)cc1. The summed E-state index contributed by atoms with van der Waals surface area (Å²) in [5, 5.41) is 10.4. The van der Waals surface area contributed by atoms with E-state index in [2.05, 4.69) is 6.92 Å². The molecule has 30 heavy (non-hydrogen) atoms. The van der Waals surface area contributed by atoms with Gasteiger partial charge in [0.05, 0.1) is 24.8 Å². The number of hydrogen-bond acceptors (Lipinski definition) is 4. The van der Waals surface area contributed by atoms with Gasteiger partial charge in [-0.05, 0) is 55.3 Å². The van der Waals surface area contributed by atoms with Gasteiger partial charge in [0, 0.05) is 16.6 Å². The minimum atomic E-state index is -1.05. The first-order valence-corrected chi connectivity index (χ1v) is 10.2. The van der Waals surface area contributed by atoms with Crippen LogP contribution in [0.25, 0.3) is 10.9 Å². The molecule has 1 N–H and O–H groups in total. The monoisotopic (exact) mass is 409 g/mol. The molecule has 1 heterocycles. The van der Waals surface area contributed by atoms with E-state index in [0.717, 1.165) is 12.8 Å². The Morgan fingerprint density at radius 3 is 2.30 bits per heavy atom. The van der Waals surface area contributed by atoms with Crippen molar-refractivity contribution >= 4 is 22.8 Å². The second-order valence-corrected chi connectivity index (χ2v) is 7.13. The third-order valence-electron chi connectivity index (χ3n) is 5.04. The zero-order valence-electron chi connectivity index (χ0n) is 17.6. The van der Waals surface area contributed by atoms with E-state index in [0.29, 0.717) is 53.1 Å². The lowest BCUT2D eigenvalue weighted by atomic mass is 10.1. The van der Waals surface area contributed by atoms with Crippen LogP contribution in [0.5, 0.6) is 11.5 Å². The van der Waals surface area contributed by atoms with Gasteiger partial charge in [-0.25, -0.2) is 4.79 Å². The fourth-order valence-electron chi connectivity index (χ4n) is 3.55. The second kappa shape index (κ2) is 9.48. The van der Waals surface area contributed by atoms with Crippen LogP contribution in [0.3, 0.4) is 0 Å². The molecule has 1 aromatic heterocycles. The topological polar surface area (TPSA) is 77.8 Å². The summed E-state index contributed by atoms with van der Waals surface area (Å²) in [6.45, 7) is 4.69. The standard InChI is InChI=1S/C24H27NO5/c1-4-6-14-30-17-10-8-16(9-11-17)23(26)25-20-13-12-18(29-3)15-19(20)22(24(27)28)21(25)7-5-2/h8-13,15H,4-7,14H2,1-3H3,(H,27,28). The molecule has 0 radical (unpaired) electrons. The fraction of sp³-hybridized carbons (Fsp3) is 0.333. The van der Waals surface area contributed by atoms with Crippen molar-refractivity contribution in [1.82, 2.24) is 4.57 Å². The molecule has 3 rings (SSSR count). The van der Waals surface area contributed by atoms with E-state index < -0.39 is 5.97 Å². The minimum absolute atomic E-state index is 0.151. The molecule has 0 aliphatic rings. The van der Waals surface area contributed by atoms with Gasteiger partial charge in [-0.2, -0.15) is 0 Å². The Morgan fingerprint density at radius 1 is 1.00 bits per heavy atom. The van der Waals surface area contributed by atoms with Crippen molar-refractivity contribution < 1.29 is 24.2 Å². The number of carbonyl (C=O) groups is 2. The number of unbranched alkanes of at least 4 members (excludes halogenated alkanes) is 1. The molecule has 2 aromatic carbocycles. The van der Waals surface area contributed by atoms with Crippen molar-refractivity contribution in [3.63, 3.8) is 0 Å². The van der Waals surface area contributed by atoms with Gasteiger partial charge in [-0.3, -0.25) is 9.36 Å². The molecule has 0 saturated carbocycles. The highest BCUT2D eigenvalue weighted by Crippen LogP contribution is 2.31. The molecule has 0 aliphatic carbocycles. The minimum Gasteiger partial charge on any atom is -0.497 e.